The van der Waals surface area contributed by atoms with E-state index in [1.807, 2.05) is 11.8 Å². The molecule has 0 aromatic carbocycles. The average molecular weight is 384 g/mol. The second-order valence-electron chi connectivity index (χ2n) is 8.55. The van der Waals surface area contributed by atoms with Crippen molar-refractivity contribution in [1.82, 2.24) is 16.0 Å². The maximum atomic E-state index is 11.9. The molecule has 2 rings (SSSR count). The molecule has 6 heteroatoms. The number of hydrogen-bond acceptors (Lipinski definition) is 3. The summed E-state index contributed by atoms with van der Waals surface area (Å²) >= 11 is 1.94. The fraction of sp³-hybridized carbons (Fsp3) is 0.900. The van der Waals surface area contributed by atoms with E-state index in [1.165, 1.54) is 25.7 Å². The van der Waals surface area contributed by atoms with Crippen molar-refractivity contribution in [2.75, 3.05) is 12.3 Å². The van der Waals surface area contributed by atoms with Crippen molar-refractivity contribution < 1.29 is 9.59 Å². The summed E-state index contributed by atoms with van der Waals surface area (Å²) in [4.78, 5) is 23.3. The summed E-state index contributed by atoms with van der Waals surface area (Å²) in [6, 6.07) is 0.547. The third kappa shape index (κ3) is 7.01. The minimum Gasteiger partial charge on any atom is -0.356 e. The molecule has 26 heavy (non-hydrogen) atoms. The Morgan fingerprint density at radius 3 is 2.77 bits per heavy atom. The van der Waals surface area contributed by atoms with Crippen LogP contribution in [0.2, 0.25) is 0 Å². The first kappa shape index (κ1) is 21.4. The van der Waals surface area contributed by atoms with Crippen LogP contribution in [-0.2, 0) is 4.79 Å². The Labute approximate surface area is 163 Å². The molecule has 3 N–H and O–H groups in total. The van der Waals surface area contributed by atoms with E-state index >= 15 is 0 Å². The summed E-state index contributed by atoms with van der Waals surface area (Å²) in [7, 11) is 0. The van der Waals surface area contributed by atoms with Crippen molar-refractivity contribution in [3.63, 3.8) is 0 Å². The second kappa shape index (κ2) is 10.4. The lowest BCUT2D eigenvalue weighted by Gasteiger charge is -2.22. The number of rotatable bonds is 12. The van der Waals surface area contributed by atoms with Gasteiger partial charge in [-0.25, -0.2) is 4.79 Å². The lowest BCUT2D eigenvalue weighted by molar-refractivity contribution is -0.121. The first-order valence-corrected chi connectivity index (χ1v) is 11.4. The zero-order chi connectivity index (χ0) is 19.0. The van der Waals surface area contributed by atoms with Gasteiger partial charge in [-0.3, -0.25) is 4.79 Å². The van der Waals surface area contributed by atoms with Crippen molar-refractivity contribution in [2.24, 2.45) is 5.41 Å². The third-order valence-electron chi connectivity index (χ3n) is 5.89. The quantitative estimate of drug-likeness (QED) is 0.354. The van der Waals surface area contributed by atoms with Gasteiger partial charge >= 0.3 is 6.03 Å². The molecule has 0 radical (unpaired) electrons. The van der Waals surface area contributed by atoms with Crippen LogP contribution in [0.3, 0.4) is 0 Å². The van der Waals surface area contributed by atoms with Crippen molar-refractivity contribution in [1.29, 1.82) is 0 Å². The summed E-state index contributed by atoms with van der Waals surface area (Å²) in [5.74, 6) is 1.19. The summed E-state index contributed by atoms with van der Waals surface area (Å²) < 4.78 is 0. The first-order chi connectivity index (χ1) is 12.4. The molecule has 5 nitrogen and oxygen atoms in total. The van der Waals surface area contributed by atoms with Gasteiger partial charge in [0.15, 0.2) is 0 Å². The normalized spacial score (nSPS) is 24.9. The first-order valence-electron chi connectivity index (χ1n) is 10.4. The van der Waals surface area contributed by atoms with E-state index in [9.17, 15) is 9.59 Å². The van der Waals surface area contributed by atoms with E-state index in [-0.39, 0.29) is 18.0 Å². The number of carbonyl (C=O) groups excluding carboxylic acids is 2. The molecule has 0 spiro atoms. The Morgan fingerprint density at radius 2 is 2.00 bits per heavy atom. The van der Waals surface area contributed by atoms with E-state index in [0.717, 1.165) is 38.0 Å². The SMILES string of the molecule is CCC(C)(C)CCCCCNC(=O)CCCC[C@@H]1SCC2NC(=O)NC21. The molecule has 2 aliphatic heterocycles. The van der Waals surface area contributed by atoms with Gasteiger partial charge in [0.2, 0.25) is 5.91 Å². The van der Waals surface area contributed by atoms with Crippen molar-refractivity contribution in [2.45, 2.75) is 95.9 Å². The number of unbranched alkanes of at least 4 members (excludes halogenated alkanes) is 3. The molecule has 150 valence electrons. The van der Waals surface area contributed by atoms with Crippen LogP contribution in [0.15, 0.2) is 0 Å². The molecule has 0 bridgehead atoms. The topological polar surface area (TPSA) is 70.2 Å². The van der Waals surface area contributed by atoms with Crippen molar-refractivity contribution in [3.8, 4) is 0 Å². The lowest BCUT2D eigenvalue weighted by atomic mass is 9.84. The molecule has 0 aromatic rings. The maximum absolute atomic E-state index is 11.9. The minimum atomic E-state index is -0.0251. The van der Waals surface area contributed by atoms with Gasteiger partial charge in [-0.15, -0.1) is 0 Å². The highest BCUT2D eigenvalue weighted by Gasteiger charge is 2.42. The highest BCUT2D eigenvalue weighted by atomic mass is 32.2. The number of thioether (sulfide) groups is 1. The number of nitrogens with one attached hydrogen (secondary N) is 3. The predicted molar refractivity (Wildman–Crippen MR) is 110 cm³/mol. The van der Waals surface area contributed by atoms with Crippen LogP contribution in [0.4, 0.5) is 4.79 Å². The van der Waals surface area contributed by atoms with E-state index in [2.05, 4.69) is 36.7 Å². The molecule has 2 unspecified atom stereocenters. The second-order valence-corrected chi connectivity index (χ2v) is 9.82. The van der Waals surface area contributed by atoms with Crippen LogP contribution in [0.25, 0.3) is 0 Å². The third-order valence-corrected chi connectivity index (χ3v) is 7.40. The fourth-order valence-corrected chi connectivity index (χ4v) is 5.22. The summed E-state index contributed by atoms with van der Waals surface area (Å²) in [5, 5.41) is 9.54. The van der Waals surface area contributed by atoms with Crippen LogP contribution >= 0.6 is 11.8 Å². The maximum Gasteiger partial charge on any atom is 0.315 e. The number of urea groups is 1. The van der Waals surface area contributed by atoms with Gasteiger partial charge in [0.05, 0.1) is 12.1 Å². The van der Waals surface area contributed by atoms with E-state index in [0.29, 0.717) is 23.1 Å². The molecular formula is C20H37N3O2S. The predicted octanol–water partition coefficient (Wildman–Crippen LogP) is 3.83. The molecule has 2 heterocycles. The number of amides is 3. The van der Waals surface area contributed by atoms with Crippen LogP contribution in [-0.4, -0.2) is 41.6 Å². The zero-order valence-corrected chi connectivity index (χ0v) is 17.6. The fourth-order valence-electron chi connectivity index (χ4n) is 3.67. The monoisotopic (exact) mass is 383 g/mol. The van der Waals surface area contributed by atoms with Crippen LogP contribution in [0, 0.1) is 5.41 Å². The molecular weight excluding hydrogens is 346 g/mol. The van der Waals surface area contributed by atoms with E-state index in [4.69, 9.17) is 0 Å². The molecule has 0 aromatic heterocycles. The van der Waals surface area contributed by atoms with E-state index in [1.54, 1.807) is 0 Å². The van der Waals surface area contributed by atoms with E-state index < -0.39 is 0 Å². The standard InChI is InChI=1S/C20H37N3O2S/c1-4-20(2,3)12-8-5-9-13-21-17(24)11-7-6-10-16-18-15(14-26-16)22-19(25)23-18/h15-16,18H,4-14H2,1-3H3,(H,21,24)(H2,22,23,25)/t15?,16-,18?/m0/s1. The Balaban J connectivity index is 1.44. The van der Waals surface area contributed by atoms with Gasteiger partial charge in [-0.2, -0.15) is 11.8 Å². The Bertz CT molecular complexity index is 470. The molecule has 2 aliphatic rings. The molecule has 3 amide bonds. The number of fused-ring (bicyclic) bond motifs is 1. The Hall–Kier alpha value is -0.910. The Morgan fingerprint density at radius 1 is 1.19 bits per heavy atom. The molecule has 0 saturated carbocycles. The van der Waals surface area contributed by atoms with Gasteiger partial charge in [0, 0.05) is 24.0 Å². The van der Waals surface area contributed by atoms with Crippen molar-refractivity contribution in [3.05, 3.63) is 0 Å². The van der Waals surface area contributed by atoms with Gasteiger partial charge in [0.1, 0.15) is 0 Å². The van der Waals surface area contributed by atoms with Crippen LogP contribution in [0.1, 0.15) is 78.6 Å². The average Bonchev–Trinajstić information content (AvgIpc) is 3.14. The largest absolute Gasteiger partial charge is 0.356 e. The molecule has 3 atom stereocenters. The summed E-state index contributed by atoms with van der Waals surface area (Å²) in [6.45, 7) is 7.72. The smallest absolute Gasteiger partial charge is 0.315 e. The van der Waals surface area contributed by atoms with Crippen LogP contribution in [0.5, 0.6) is 0 Å². The van der Waals surface area contributed by atoms with Crippen molar-refractivity contribution >= 4 is 23.7 Å². The molecule has 2 fully saturated rings. The summed E-state index contributed by atoms with van der Waals surface area (Å²) in [5.41, 5.74) is 0.457. The zero-order valence-electron chi connectivity index (χ0n) is 16.7. The molecule has 0 aliphatic carbocycles. The number of carbonyl (C=O) groups is 2. The van der Waals surface area contributed by atoms with Gasteiger partial charge < -0.3 is 16.0 Å². The minimum absolute atomic E-state index is 0.0251. The Kier molecular flexibility index (Phi) is 8.58. The van der Waals surface area contributed by atoms with Gasteiger partial charge in [-0.1, -0.05) is 46.5 Å². The number of hydrogen-bond donors (Lipinski definition) is 3. The van der Waals surface area contributed by atoms with Gasteiger partial charge in [-0.05, 0) is 31.1 Å². The lowest BCUT2D eigenvalue weighted by Crippen LogP contribution is -2.36. The van der Waals surface area contributed by atoms with Gasteiger partial charge in [0.25, 0.3) is 0 Å². The summed E-state index contributed by atoms with van der Waals surface area (Å²) in [6.07, 6.45) is 9.73. The highest BCUT2D eigenvalue weighted by Crippen LogP contribution is 2.33. The van der Waals surface area contributed by atoms with Crippen LogP contribution < -0.4 is 16.0 Å². The molecule has 2 saturated heterocycles. The highest BCUT2D eigenvalue weighted by molar-refractivity contribution is 8.00.